The summed E-state index contributed by atoms with van der Waals surface area (Å²) >= 11 is 0. The fourth-order valence-electron chi connectivity index (χ4n) is 2.07. The second-order valence-electron chi connectivity index (χ2n) is 3.99. The number of rotatable bonds is 2. The number of methoxy groups -OCH3 is 1. The van der Waals surface area contributed by atoms with Gasteiger partial charge in [-0.1, -0.05) is 0 Å². The number of hydrogen-bond acceptors (Lipinski definition) is 2. The lowest BCUT2D eigenvalue weighted by Gasteiger charge is -2.14. The summed E-state index contributed by atoms with van der Waals surface area (Å²) in [7, 11) is 1.71. The van der Waals surface area contributed by atoms with Gasteiger partial charge in [0.2, 0.25) is 0 Å². The van der Waals surface area contributed by atoms with Crippen LogP contribution in [0.4, 0.5) is 0 Å². The van der Waals surface area contributed by atoms with Crippen LogP contribution in [-0.4, -0.2) is 17.3 Å². The molecule has 1 aromatic heterocycles. The van der Waals surface area contributed by atoms with Gasteiger partial charge in [0.25, 0.3) is 0 Å². The molecule has 0 atom stereocenters. The Morgan fingerprint density at radius 3 is 2.50 bits per heavy atom. The second kappa shape index (κ2) is 4.00. The lowest BCUT2D eigenvalue weighted by Crippen LogP contribution is -1.96. The van der Waals surface area contributed by atoms with E-state index in [0.717, 1.165) is 11.4 Å². The van der Waals surface area contributed by atoms with Crippen molar-refractivity contribution in [2.75, 3.05) is 7.11 Å². The lowest BCUT2D eigenvalue weighted by molar-refractivity contribution is 0.411. The van der Waals surface area contributed by atoms with Gasteiger partial charge in [-0.2, -0.15) is 5.10 Å². The summed E-state index contributed by atoms with van der Waals surface area (Å²) in [5, 5.41) is 7.01. The molecule has 0 amide bonds. The Morgan fingerprint density at radius 1 is 1.19 bits per heavy atom. The minimum atomic E-state index is 0.943. The van der Waals surface area contributed by atoms with E-state index >= 15 is 0 Å². The Labute approximate surface area is 95.5 Å². The van der Waals surface area contributed by atoms with Crippen molar-refractivity contribution in [2.24, 2.45) is 0 Å². The van der Waals surface area contributed by atoms with Crippen LogP contribution in [-0.2, 0) is 0 Å². The Bertz CT molecular complexity index is 501. The van der Waals surface area contributed by atoms with E-state index in [1.807, 2.05) is 6.07 Å². The van der Waals surface area contributed by atoms with Crippen LogP contribution in [0.15, 0.2) is 18.3 Å². The number of hydrogen-bond donors (Lipinski definition) is 1. The van der Waals surface area contributed by atoms with E-state index in [-0.39, 0.29) is 0 Å². The molecule has 0 radical (unpaired) electrons. The second-order valence-corrected chi connectivity index (χ2v) is 3.99. The molecule has 0 saturated heterocycles. The summed E-state index contributed by atoms with van der Waals surface area (Å²) in [6, 6.07) is 4.06. The van der Waals surface area contributed by atoms with Gasteiger partial charge in [-0.05, 0) is 49.6 Å². The Kier molecular flexibility index (Phi) is 2.69. The number of aromatic amines is 1. The minimum absolute atomic E-state index is 0.943. The van der Waals surface area contributed by atoms with Crippen LogP contribution in [0.5, 0.6) is 5.75 Å². The van der Waals surface area contributed by atoms with Crippen molar-refractivity contribution in [1.29, 1.82) is 0 Å². The van der Waals surface area contributed by atoms with E-state index in [9.17, 15) is 0 Å². The molecular weight excluding hydrogens is 200 g/mol. The maximum Gasteiger partial charge on any atom is 0.122 e. The average Bonchev–Trinajstić information content (AvgIpc) is 2.77. The molecule has 0 bridgehead atoms. The molecule has 1 aromatic carbocycles. The average molecular weight is 216 g/mol. The summed E-state index contributed by atoms with van der Waals surface area (Å²) in [5.74, 6) is 0.943. The van der Waals surface area contributed by atoms with E-state index in [0.29, 0.717) is 0 Å². The van der Waals surface area contributed by atoms with Crippen LogP contribution in [0.1, 0.15) is 16.7 Å². The molecule has 0 aliphatic rings. The van der Waals surface area contributed by atoms with E-state index < -0.39 is 0 Å². The normalized spacial score (nSPS) is 10.5. The van der Waals surface area contributed by atoms with Gasteiger partial charge in [0.05, 0.1) is 12.8 Å². The van der Waals surface area contributed by atoms with E-state index in [2.05, 4.69) is 37.0 Å². The maximum absolute atomic E-state index is 5.35. The fourth-order valence-corrected chi connectivity index (χ4v) is 2.07. The zero-order valence-corrected chi connectivity index (χ0v) is 10.1. The highest BCUT2D eigenvalue weighted by Gasteiger charge is 2.12. The van der Waals surface area contributed by atoms with Gasteiger partial charge in [0.1, 0.15) is 5.75 Å². The number of nitrogens with one attached hydrogen (secondary N) is 1. The van der Waals surface area contributed by atoms with E-state index in [1.54, 1.807) is 13.3 Å². The fraction of sp³-hybridized carbons (Fsp3) is 0.308. The molecule has 84 valence electrons. The molecule has 3 nitrogen and oxygen atoms in total. The molecule has 0 saturated carbocycles. The summed E-state index contributed by atoms with van der Waals surface area (Å²) < 4.78 is 5.35. The standard InChI is InChI=1S/C13H16N2O/c1-8-7-12(16-4)9(2)10(3)13(8)11-5-6-14-15-11/h5-7H,1-4H3,(H,14,15). The molecule has 0 unspecified atom stereocenters. The first-order chi connectivity index (χ1) is 7.65. The van der Waals surface area contributed by atoms with Crippen LogP contribution in [0.25, 0.3) is 11.3 Å². The van der Waals surface area contributed by atoms with Gasteiger partial charge in [0.15, 0.2) is 0 Å². The van der Waals surface area contributed by atoms with Gasteiger partial charge in [-0.3, -0.25) is 5.10 Å². The van der Waals surface area contributed by atoms with Crippen LogP contribution in [0, 0.1) is 20.8 Å². The van der Waals surface area contributed by atoms with Crippen molar-refractivity contribution in [3.8, 4) is 17.0 Å². The SMILES string of the molecule is COc1cc(C)c(-c2ccn[nH]2)c(C)c1C. The summed E-state index contributed by atoms with van der Waals surface area (Å²) in [6.07, 6.45) is 1.77. The molecule has 0 aliphatic carbocycles. The zero-order valence-electron chi connectivity index (χ0n) is 10.1. The van der Waals surface area contributed by atoms with Crippen molar-refractivity contribution < 1.29 is 4.74 Å². The zero-order chi connectivity index (χ0) is 11.7. The highest BCUT2D eigenvalue weighted by Crippen LogP contribution is 2.33. The van der Waals surface area contributed by atoms with Crippen molar-refractivity contribution >= 4 is 0 Å². The summed E-state index contributed by atoms with van der Waals surface area (Å²) in [6.45, 7) is 6.28. The van der Waals surface area contributed by atoms with Gasteiger partial charge >= 0.3 is 0 Å². The third kappa shape index (κ3) is 1.58. The van der Waals surface area contributed by atoms with Crippen molar-refractivity contribution in [1.82, 2.24) is 10.2 Å². The van der Waals surface area contributed by atoms with E-state index in [1.165, 1.54) is 22.3 Å². The molecule has 1 heterocycles. The number of nitrogens with zero attached hydrogens (tertiary/aromatic N) is 1. The smallest absolute Gasteiger partial charge is 0.122 e. The van der Waals surface area contributed by atoms with Crippen LogP contribution >= 0.6 is 0 Å². The topological polar surface area (TPSA) is 37.9 Å². The number of aromatic nitrogens is 2. The summed E-state index contributed by atoms with van der Waals surface area (Å²) in [4.78, 5) is 0. The van der Waals surface area contributed by atoms with Crippen LogP contribution < -0.4 is 4.74 Å². The quantitative estimate of drug-likeness (QED) is 0.838. The number of benzene rings is 1. The van der Waals surface area contributed by atoms with Gasteiger partial charge < -0.3 is 4.74 Å². The molecule has 2 aromatic rings. The molecule has 1 N–H and O–H groups in total. The first-order valence-corrected chi connectivity index (χ1v) is 5.29. The highest BCUT2D eigenvalue weighted by atomic mass is 16.5. The van der Waals surface area contributed by atoms with Gasteiger partial charge in [-0.25, -0.2) is 0 Å². The van der Waals surface area contributed by atoms with Gasteiger partial charge in [-0.15, -0.1) is 0 Å². The molecular formula is C13H16N2O. The maximum atomic E-state index is 5.35. The first kappa shape index (κ1) is 10.7. The Hall–Kier alpha value is -1.77. The molecule has 0 fully saturated rings. The molecule has 0 spiro atoms. The number of aryl methyl sites for hydroxylation is 1. The molecule has 3 heteroatoms. The molecule has 16 heavy (non-hydrogen) atoms. The predicted octanol–water partition coefficient (Wildman–Crippen LogP) is 3.01. The number of H-pyrrole nitrogens is 1. The van der Waals surface area contributed by atoms with Crippen molar-refractivity contribution in [2.45, 2.75) is 20.8 Å². The van der Waals surface area contributed by atoms with Crippen LogP contribution in [0.3, 0.4) is 0 Å². The molecule has 2 rings (SSSR count). The number of ether oxygens (including phenoxy) is 1. The Morgan fingerprint density at radius 2 is 1.94 bits per heavy atom. The predicted molar refractivity (Wildman–Crippen MR) is 64.8 cm³/mol. The van der Waals surface area contributed by atoms with Crippen molar-refractivity contribution in [3.63, 3.8) is 0 Å². The van der Waals surface area contributed by atoms with E-state index in [4.69, 9.17) is 4.74 Å². The van der Waals surface area contributed by atoms with Gasteiger partial charge in [0, 0.05) is 11.8 Å². The molecule has 0 aliphatic heterocycles. The third-order valence-corrected chi connectivity index (χ3v) is 3.04. The first-order valence-electron chi connectivity index (χ1n) is 5.29. The highest BCUT2D eigenvalue weighted by molar-refractivity contribution is 5.70. The Balaban J connectivity index is 2.68. The monoisotopic (exact) mass is 216 g/mol. The summed E-state index contributed by atoms with van der Waals surface area (Å²) in [5.41, 5.74) is 5.89. The minimum Gasteiger partial charge on any atom is -0.496 e. The largest absolute Gasteiger partial charge is 0.496 e. The van der Waals surface area contributed by atoms with Crippen LogP contribution in [0.2, 0.25) is 0 Å². The third-order valence-electron chi connectivity index (χ3n) is 3.04. The lowest BCUT2D eigenvalue weighted by atomic mass is 9.95. The van der Waals surface area contributed by atoms with Crippen molar-refractivity contribution in [3.05, 3.63) is 35.0 Å².